The van der Waals surface area contributed by atoms with Crippen LogP contribution in [0.4, 0.5) is 0 Å². The molecule has 3 rings (SSSR count). The van der Waals surface area contributed by atoms with E-state index >= 15 is 0 Å². The Balaban J connectivity index is 1.65. The second-order valence-electron chi connectivity index (χ2n) is 5.99. The molecule has 22 heavy (non-hydrogen) atoms. The predicted molar refractivity (Wildman–Crippen MR) is 90.3 cm³/mol. The van der Waals surface area contributed by atoms with Gasteiger partial charge >= 0.3 is 0 Å². The normalized spacial score (nSPS) is 21.4. The number of nitrogens with zero attached hydrogens (tertiary/aromatic N) is 1. The number of thioether (sulfide) groups is 1. The highest BCUT2D eigenvalue weighted by Gasteiger charge is 2.34. The van der Waals surface area contributed by atoms with Crippen LogP contribution in [0.1, 0.15) is 24.8 Å². The maximum atomic E-state index is 12.7. The molecule has 4 nitrogen and oxygen atoms in total. The monoisotopic (exact) mass is 320 g/mol. The standard InChI is InChI=1S/C17H24N2O2S/c1-21-16-5-3-2-4-13(16)11-19(15-6-7-15)17(20)10-14-12-22-9-8-18-14/h2-5,14-15,18H,6-12H2,1H3. The third-order valence-electron chi connectivity index (χ3n) is 4.26. The van der Waals surface area contributed by atoms with Gasteiger partial charge in [-0.05, 0) is 18.9 Å². The van der Waals surface area contributed by atoms with E-state index < -0.39 is 0 Å². The highest BCUT2D eigenvalue weighted by molar-refractivity contribution is 7.99. The number of hydrogen-bond acceptors (Lipinski definition) is 4. The van der Waals surface area contributed by atoms with Crippen LogP contribution in [0.5, 0.6) is 5.75 Å². The fourth-order valence-corrected chi connectivity index (χ4v) is 3.85. The lowest BCUT2D eigenvalue weighted by Crippen LogP contribution is -2.43. The van der Waals surface area contributed by atoms with Crippen LogP contribution in [-0.2, 0) is 11.3 Å². The van der Waals surface area contributed by atoms with E-state index in [4.69, 9.17) is 4.74 Å². The first-order valence-corrected chi connectivity index (χ1v) is 9.16. The van der Waals surface area contributed by atoms with E-state index in [-0.39, 0.29) is 5.91 Å². The molecule has 0 aromatic heterocycles. The Kier molecular flexibility index (Phi) is 5.26. The number of nitrogens with one attached hydrogen (secondary N) is 1. The summed E-state index contributed by atoms with van der Waals surface area (Å²) in [5.74, 6) is 3.33. The minimum Gasteiger partial charge on any atom is -0.496 e. The predicted octanol–water partition coefficient (Wildman–Crippen LogP) is 2.28. The van der Waals surface area contributed by atoms with E-state index in [0.29, 0.717) is 25.0 Å². The molecule has 1 aromatic rings. The van der Waals surface area contributed by atoms with E-state index in [1.165, 1.54) is 0 Å². The molecule has 0 bridgehead atoms. The summed E-state index contributed by atoms with van der Waals surface area (Å²) in [5, 5.41) is 3.46. The summed E-state index contributed by atoms with van der Waals surface area (Å²) >= 11 is 1.94. The number of amides is 1. The van der Waals surface area contributed by atoms with Crippen LogP contribution >= 0.6 is 11.8 Å². The zero-order valence-electron chi connectivity index (χ0n) is 13.1. The van der Waals surface area contributed by atoms with Crippen molar-refractivity contribution >= 4 is 17.7 Å². The zero-order chi connectivity index (χ0) is 15.4. The molecule has 2 aliphatic rings. The Hall–Kier alpha value is -1.20. The Bertz CT molecular complexity index is 513. The quantitative estimate of drug-likeness (QED) is 0.873. The van der Waals surface area contributed by atoms with Crippen LogP contribution in [0.2, 0.25) is 0 Å². The minimum atomic E-state index is 0.272. The number of hydrogen-bond donors (Lipinski definition) is 1. The van der Waals surface area contributed by atoms with Crippen molar-refractivity contribution in [2.24, 2.45) is 0 Å². The molecule has 1 aliphatic carbocycles. The van der Waals surface area contributed by atoms with Gasteiger partial charge in [0.25, 0.3) is 0 Å². The van der Waals surface area contributed by atoms with E-state index in [1.54, 1.807) is 7.11 Å². The summed E-state index contributed by atoms with van der Waals surface area (Å²) < 4.78 is 5.42. The first kappa shape index (κ1) is 15.7. The summed E-state index contributed by atoms with van der Waals surface area (Å²) in [6.07, 6.45) is 2.88. The van der Waals surface area contributed by atoms with Gasteiger partial charge in [-0.25, -0.2) is 0 Å². The van der Waals surface area contributed by atoms with Crippen molar-refractivity contribution in [3.63, 3.8) is 0 Å². The van der Waals surface area contributed by atoms with Gasteiger partial charge in [-0.3, -0.25) is 4.79 Å². The van der Waals surface area contributed by atoms with Crippen LogP contribution < -0.4 is 10.1 Å². The molecule has 1 aromatic carbocycles. The maximum Gasteiger partial charge on any atom is 0.224 e. The molecule has 0 radical (unpaired) electrons. The van der Waals surface area contributed by atoms with Gasteiger partial charge in [0, 0.05) is 48.7 Å². The zero-order valence-corrected chi connectivity index (χ0v) is 13.9. The van der Waals surface area contributed by atoms with E-state index in [0.717, 1.165) is 42.2 Å². The van der Waals surface area contributed by atoms with Crippen molar-refractivity contribution in [1.29, 1.82) is 0 Å². The average Bonchev–Trinajstić information content (AvgIpc) is 3.38. The summed E-state index contributed by atoms with van der Waals surface area (Å²) in [6.45, 7) is 1.67. The van der Waals surface area contributed by atoms with Gasteiger partial charge in [0.15, 0.2) is 0 Å². The van der Waals surface area contributed by atoms with Crippen molar-refractivity contribution < 1.29 is 9.53 Å². The van der Waals surface area contributed by atoms with E-state index in [1.807, 2.05) is 30.0 Å². The summed E-state index contributed by atoms with van der Waals surface area (Å²) in [6, 6.07) is 8.74. The van der Waals surface area contributed by atoms with Crippen molar-refractivity contribution in [2.75, 3.05) is 25.2 Å². The largest absolute Gasteiger partial charge is 0.496 e. The van der Waals surface area contributed by atoms with E-state index in [9.17, 15) is 4.79 Å². The lowest BCUT2D eigenvalue weighted by molar-refractivity contribution is -0.132. The Morgan fingerprint density at radius 1 is 1.41 bits per heavy atom. The highest BCUT2D eigenvalue weighted by atomic mass is 32.2. The van der Waals surface area contributed by atoms with Gasteiger partial charge < -0.3 is 15.0 Å². The van der Waals surface area contributed by atoms with Gasteiger partial charge in [0.1, 0.15) is 5.75 Å². The van der Waals surface area contributed by atoms with Crippen LogP contribution in [0, 0.1) is 0 Å². The summed E-state index contributed by atoms with van der Waals surface area (Å²) in [7, 11) is 1.69. The number of benzene rings is 1. The lowest BCUT2D eigenvalue weighted by atomic mass is 10.1. The van der Waals surface area contributed by atoms with Gasteiger partial charge in [0.05, 0.1) is 7.11 Å². The van der Waals surface area contributed by atoms with Crippen molar-refractivity contribution in [3.05, 3.63) is 29.8 Å². The molecule has 1 unspecified atom stereocenters. The third-order valence-corrected chi connectivity index (χ3v) is 5.39. The Morgan fingerprint density at radius 2 is 2.23 bits per heavy atom. The van der Waals surface area contributed by atoms with Crippen LogP contribution in [0.15, 0.2) is 24.3 Å². The molecule has 1 saturated carbocycles. The molecular formula is C17H24N2O2S. The van der Waals surface area contributed by atoms with Gasteiger partial charge in [-0.15, -0.1) is 0 Å². The SMILES string of the molecule is COc1ccccc1CN(C(=O)CC1CSCCN1)C1CC1. The Morgan fingerprint density at radius 3 is 2.91 bits per heavy atom. The molecule has 120 valence electrons. The molecule has 1 heterocycles. The lowest BCUT2D eigenvalue weighted by Gasteiger charge is -2.28. The molecule has 0 spiro atoms. The molecule has 1 atom stereocenters. The number of carbonyl (C=O) groups is 1. The smallest absolute Gasteiger partial charge is 0.224 e. The second kappa shape index (κ2) is 7.38. The molecule has 1 N–H and O–H groups in total. The number of ether oxygens (including phenoxy) is 1. The van der Waals surface area contributed by atoms with Crippen LogP contribution in [0.25, 0.3) is 0 Å². The molecule has 1 amide bonds. The first-order chi connectivity index (χ1) is 10.8. The minimum absolute atomic E-state index is 0.272. The van der Waals surface area contributed by atoms with Crippen LogP contribution in [0.3, 0.4) is 0 Å². The van der Waals surface area contributed by atoms with Crippen molar-refractivity contribution in [2.45, 2.75) is 37.9 Å². The molecule has 5 heteroatoms. The third kappa shape index (κ3) is 3.96. The molecule has 2 fully saturated rings. The summed E-state index contributed by atoms with van der Waals surface area (Å²) in [5.41, 5.74) is 1.09. The summed E-state index contributed by atoms with van der Waals surface area (Å²) in [4.78, 5) is 14.8. The molecule has 1 saturated heterocycles. The fourth-order valence-electron chi connectivity index (χ4n) is 2.90. The molecule has 1 aliphatic heterocycles. The number of rotatable bonds is 6. The molecular weight excluding hydrogens is 296 g/mol. The number of methoxy groups -OCH3 is 1. The first-order valence-electron chi connectivity index (χ1n) is 8.00. The number of carbonyl (C=O) groups excluding carboxylic acids is 1. The van der Waals surface area contributed by atoms with Gasteiger partial charge in [-0.1, -0.05) is 18.2 Å². The van der Waals surface area contributed by atoms with Crippen molar-refractivity contribution in [1.82, 2.24) is 10.2 Å². The fraction of sp³-hybridized carbons (Fsp3) is 0.588. The average molecular weight is 320 g/mol. The van der Waals surface area contributed by atoms with Gasteiger partial charge in [-0.2, -0.15) is 11.8 Å². The van der Waals surface area contributed by atoms with Crippen molar-refractivity contribution in [3.8, 4) is 5.75 Å². The van der Waals surface area contributed by atoms with Gasteiger partial charge in [0.2, 0.25) is 5.91 Å². The Labute approximate surface area is 136 Å². The van der Waals surface area contributed by atoms with Crippen LogP contribution in [-0.4, -0.2) is 48.1 Å². The number of para-hydroxylation sites is 1. The highest BCUT2D eigenvalue weighted by Crippen LogP contribution is 2.31. The van der Waals surface area contributed by atoms with E-state index in [2.05, 4.69) is 16.3 Å². The topological polar surface area (TPSA) is 41.6 Å². The second-order valence-corrected chi connectivity index (χ2v) is 7.14. The maximum absolute atomic E-state index is 12.7.